The van der Waals surface area contributed by atoms with Gasteiger partial charge in [-0.3, -0.25) is 4.79 Å². The first kappa shape index (κ1) is 24.1. The summed E-state index contributed by atoms with van der Waals surface area (Å²) in [5.41, 5.74) is 3.29. The maximum absolute atomic E-state index is 13.1. The van der Waals surface area contributed by atoms with Crippen LogP contribution in [0.5, 0.6) is 23.0 Å². The molecule has 0 unspecified atom stereocenters. The van der Waals surface area contributed by atoms with Crippen LogP contribution in [0.1, 0.15) is 58.2 Å². The van der Waals surface area contributed by atoms with E-state index in [0.717, 1.165) is 5.56 Å². The first-order valence-electron chi connectivity index (χ1n) is 11.2. The number of carbonyl (C=O) groups is 2. The van der Waals surface area contributed by atoms with Gasteiger partial charge in [0.05, 0.1) is 25.3 Å². The molecule has 0 atom stereocenters. The van der Waals surface area contributed by atoms with Crippen molar-refractivity contribution in [2.24, 2.45) is 0 Å². The van der Waals surface area contributed by atoms with Crippen molar-refractivity contribution in [3.8, 4) is 23.0 Å². The molecular formula is C29H28O6. The summed E-state index contributed by atoms with van der Waals surface area (Å²) in [6.07, 6.45) is 1.62. The molecule has 1 aliphatic rings. The Labute approximate surface area is 205 Å². The van der Waals surface area contributed by atoms with Crippen LogP contribution in [0.3, 0.4) is 0 Å². The molecule has 0 bridgehead atoms. The standard InChI is InChI=1S/C29H28O6/c1-17-13-22(34-28(31)18-7-9-20(10-8-18)29(2,3)4)16-24-26(17)27(30)25(35-24)15-19-14-21(32-5)11-12-23(19)33-6/h7-16H,1-6H3/b25-15-. The fraction of sp³-hybridized carbons (Fsp3) is 0.241. The molecule has 3 aromatic carbocycles. The number of aryl methyl sites for hydroxylation is 1. The summed E-state index contributed by atoms with van der Waals surface area (Å²) in [4.78, 5) is 25.8. The molecule has 0 N–H and O–H groups in total. The summed E-state index contributed by atoms with van der Waals surface area (Å²) in [5, 5.41) is 0. The molecule has 0 spiro atoms. The van der Waals surface area contributed by atoms with Gasteiger partial charge in [0, 0.05) is 11.6 Å². The number of ketones is 1. The number of methoxy groups -OCH3 is 2. The number of benzene rings is 3. The average molecular weight is 473 g/mol. The summed E-state index contributed by atoms with van der Waals surface area (Å²) >= 11 is 0. The van der Waals surface area contributed by atoms with Gasteiger partial charge in [0.1, 0.15) is 23.0 Å². The zero-order valence-electron chi connectivity index (χ0n) is 20.7. The summed E-state index contributed by atoms with van der Waals surface area (Å²) in [6, 6.07) is 15.9. The molecule has 6 nitrogen and oxygen atoms in total. The molecule has 0 saturated carbocycles. The van der Waals surface area contributed by atoms with E-state index in [9.17, 15) is 9.59 Å². The minimum atomic E-state index is -0.481. The van der Waals surface area contributed by atoms with Crippen molar-refractivity contribution in [3.63, 3.8) is 0 Å². The Balaban J connectivity index is 1.59. The zero-order chi connectivity index (χ0) is 25.3. The predicted octanol–water partition coefficient (Wildman–Crippen LogP) is 6.15. The summed E-state index contributed by atoms with van der Waals surface area (Å²) in [6.45, 7) is 8.12. The molecule has 180 valence electrons. The smallest absolute Gasteiger partial charge is 0.343 e. The summed E-state index contributed by atoms with van der Waals surface area (Å²) < 4.78 is 22.2. The topological polar surface area (TPSA) is 71.1 Å². The van der Waals surface area contributed by atoms with E-state index < -0.39 is 5.97 Å². The van der Waals surface area contributed by atoms with E-state index in [-0.39, 0.29) is 17.0 Å². The number of rotatable bonds is 5. The third kappa shape index (κ3) is 4.92. The molecule has 6 heteroatoms. The Hall–Kier alpha value is -4.06. The van der Waals surface area contributed by atoms with Crippen LogP contribution in [0.4, 0.5) is 0 Å². The lowest BCUT2D eigenvalue weighted by Gasteiger charge is -2.18. The van der Waals surface area contributed by atoms with E-state index in [2.05, 4.69) is 20.8 Å². The number of allylic oxidation sites excluding steroid dienone is 1. The molecule has 0 radical (unpaired) electrons. The van der Waals surface area contributed by atoms with Crippen molar-refractivity contribution in [1.29, 1.82) is 0 Å². The molecule has 0 saturated heterocycles. The van der Waals surface area contributed by atoms with Crippen LogP contribution in [0.2, 0.25) is 0 Å². The summed E-state index contributed by atoms with van der Waals surface area (Å²) in [7, 11) is 3.12. The van der Waals surface area contributed by atoms with Crippen molar-refractivity contribution in [2.75, 3.05) is 14.2 Å². The number of hydrogen-bond donors (Lipinski definition) is 0. The lowest BCUT2D eigenvalue weighted by atomic mass is 9.87. The van der Waals surface area contributed by atoms with Gasteiger partial charge in [-0.25, -0.2) is 4.79 Å². The quantitative estimate of drug-likeness (QED) is 0.252. The predicted molar refractivity (Wildman–Crippen MR) is 134 cm³/mol. The first-order chi connectivity index (χ1) is 16.6. The second kappa shape index (κ2) is 9.29. The van der Waals surface area contributed by atoms with Crippen LogP contribution in [0, 0.1) is 6.92 Å². The molecule has 35 heavy (non-hydrogen) atoms. The van der Waals surface area contributed by atoms with E-state index in [1.165, 1.54) is 0 Å². The second-order valence-electron chi connectivity index (χ2n) is 9.38. The Morgan fingerprint density at radius 3 is 2.26 bits per heavy atom. The lowest BCUT2D eigenvalue weighted by molar-refractivity contribution is 0.0734. The molecule has 0 aromatic heterocycles. The van der Waals surface area contributed by atoms with E-state index >= 15 is 0 Å². The van der Waals surface area contributed by atoms with Crippen LogP contribution in [-0.4, -0.2) is 26.0 Å². The lowest BCUT2D eigenvalue weighted by Crippen LogP contribution is -2.13. The van der Waals surface area contributed by atoms with Crippen LogP contribution in [0.15, 0.2) is 60.4 Å². The van der Waals surface area contributed by atoms with Crippen molar-refractivity contribution in [3.05, 3.63) is 88.2 Å². The Morgan fingerprint density at radius 2 is 1.63 bits per heavy atom. The highest BCUT2D eigenvalue weighted by Crippen LogP contribution is 2.38. The second-order valence-corrected chi connectivity index (χ2v) is 9.38. The molecular weight excluding hydrogens is 444 g/mol. The Morgan fingerprint density at radius 1 is 0.914 bits per heavy atom. The third-order valence-corrected chi connectivity index (χ3v) is 5.86. The van der Waals surface area contributed by atoms with Crippen LogP contribution in [-0.2, 0) is 5.41 Å². The molecule has 0 fully saturated rings. The monoisotopic (exact) mass is 472 g/mol. The van der Waals surface area contributed by atoms with Crippen LogP contribution < -0.4 is 18.9 Å². The van der Waals surface area contributed by atoms with Gasteiger partial charge in [-0.15, -0.1) is 0 Å². The third-order valence-electron chi connectivity index (χ3n) is 5.86. The van der Waals surface area contributed by atoms with E-state index in [1.54, 1.807) is 69.7 Å². The number of carbonyl (C=O) groups excluding carboxylic acids is 2. The average Bonchev–Trinajstić information content (AvgIpc) is 3.13. The van der Waals surface area contributed by atoms with Crippen LogP contribution >= 0.6 is 0 Å². The number of fused-ring (bicyclic) bond motifs is 1. The Bertz CT molecular complexity index is 1330. The number of hydrogen-bond acceptors (Lipinski definition) is 6. The summed E-state index contributed by atoms with van der Waals surface area (Å²) in [5.74, 6) is 1.27. The SMILES string of the molecule is COc1ccc(OC)c(/C=C2\Oc3cc(OC(=O)c4ccc(C(C)(C)C)cc4)cc(C)c3C2=O)c1. The first-order valence-corrected chi connectivity index (χ1v) is 11.2. The maximum Gasteiger partial charge on any atom is 0.343 e. The van der Waals surface area contributed by atoms with Gasteiger partial charge >= 0.3 is 5.97 Å². The van der Waals surface area contributed by atoms with Gasteiger partial charge in [0.15, 0.2) is 5.76 Å². The molecule has 3 aromatic rings. The maximum atomic E-state index is 13.1. The highest BCUT2D eigenvalue weighted by molar-refractivity contribution is 6.15. The van der Waals surface area contributed by atoms with Crippen molar-refractivity contribution in [1.82, 2.24) is 0 Å². The molecule has 1 heterocycles. The van der Waals surface area contributed by atoms with E-state index in [0.29, 0.717) is 45.3 Å². The molecule has 1 aliphatic heterocycles. The number of Topliss-reactive ketones (excluding diaryl/α,β-unsaturated/α-hetero) is 1. The van der Waals surface area contributed by atoms with Gasteiger partial charge in [0.2, 0.25) is 5.78 Å². The largest absolute Gasteiger partial charge is 0.497 e. The van der Waals surface area contributed by atoms with Crippen molar-refractivity contribution < 1.29 is 28.5 Å². The zero-order valence-corrected chi connectivity index (χ0v) is 20.7. The fourth-order valence-corrected chi connectivity index (χ4v) is 3.90. The fourth-order valence-electron chi connectivity index (χ4n) is 3.90. The number of esters is 1. The van der Waals surface area contributed by atoms with Crippen molar-refractivity contribution in [2.45, 2.75) is 33.1 Å². The normalized spacial score (nSPS) is 13.9. The minimum Gasteiger partial charge on any atom is -0.497 e. The highest BCUT2D eigenvalue weighted by Gasteiger charge is 2.31. The molecule has 4 rings (SSSR count). The molecule has 0 amide bonds. The van der Waals surface area contributed by atoms with Gasteiger partial charge in [0.25, 0.3) is 0 Å². The van der Waals surface area contributed by atoms with E-state index in [1.807, 2.05) is 12.1 Å². The van der Waals surface area contributed by atoms with Gasteiger partial charge in [-0.1, -0.05) is 32.9 Å². The van der Waals surface area contributed by atoms with Crippen LogP contribution in [0.25, 0.3) is 6.08 Å². The van der Waals surface area contributed by atoms with E-state index in [4.69, 9.17) is 18.9 Å². The van der Waals surface area contributed by atoms with Gasteiger partial charge in [-0.2, -0.15) is 0 Å². The van der Waals surface area contributed by atoms with Crippen molar-refractivity contribution >= 4 is 17.8 Å². The number of ether oxygens (including phenoxy) is 4. The van der Waals surface area contributed by atoms with Gasteiger partial charge < -0.3 is 18.9 Å². The highest BCUT2D eigenvalue weighted by atomic mass is 16.5. The minimum absolute atomic E-state index is 0.0104. The van der Waals surface area contributed by atoms with Gasteiger partial charge in [-0.05, 0) is 65.9 Å². The molecule has 0 aliphatic carbocycles. The Kier molecular flexibility index (Phi) is 6.39.